The van der Waals surface area contributed by atoms with E-state index in [1.54, 1.807) is 6.08 Å². The number of nitrogens with zero attached hydrogens (tertiary/aromatic N) is 3. The van der Waals surface area contributed by atoms with Gasteiger partial charge >= 0.3 is 0 Å². The Morgan fingerprint density at radius 1 is 1.09 bits per heavy atom. The van der Waals surface area contributed by atoms with E-state index in [1.807, 2.05) is 29.2 Å². The first-order valence-corrected chi connectivity index (χ1v) is 12.0. The van der Waals surface area contributed by atoms with Gasteiger partial charge in [-0.3, -0.25) is 9.78 Å². The van der Waals surface area contributed by atoms with Gasteiger partial charge < -0.3 is 14.5 Å². The number of fused-ring (bicyclic) bond motifs is 1. The number of hydrogen-bond acceptors (Lipinski definition) is 4. The Morgan fingerprint density at radius 3 is 2.55 bits per heavy atom. The Labute approximate surface area is 202 Å². The predicted octanol–water partition coefficient (Wildman–Crippen LogP) is 5.00. The molecule has 1 aromatic heterocycles. The molecule has 1 unspecified atom stereocenters. The Bertz CT molecular complexity index is 1180. The first kappa shape index (κ1) is 21.9. The molecule has 168 valence electrons. The molecule has 3 aromatic rings. The van der Waals surface area contributed by atoms with Crippen LogP contribution >= 0.6 is 15.9 Å². The van der Waals surface area contributed by atoms with Crippen molar-refractivity contribution >= 4 is 27.5 Å². The van der Waals surface area contributed by atoms with Gasteiger partial charge in [-0.1, -0.05) is 70.5 Å². The number of rotatable bonds is 6. The molecule has 6 heteroatoms. The Kier molecular flexibility index (Phi) is 6.29. The Hall–Kier alpha value is -2.96. The molecule has 0 spiro atoms. The number of halogens is 1. The lowest BCUT2D eigenvalue weighted by Gasteiger charge is -2.31. The van der Waals surface area contributed by atoms with Gasteiger partial charge in [0.15, 0.2) is 0 Å². The van der Waals surface area contributed by atoms with Crippen molar-refractivity contribution in [1.82, 2.24) is 9.88 Å². The molecule has 0 radical (unpaired) electrons. The monoisotopic (exact) mass is 503 g/mol. The van der Waals surface area contributed by atoms with Gasteiger partial charge in [0.1, 0.15) is 6.04 Å². The summed E-state index contributed by atoms with van der Waals surface area (Å²) in [4.78, 5) is 22.9. The highest BCUT2D eigenvalue weighted by molar-refractivity contribution is 9.10. The van der Waals surface area contributed by atoms with E-state index in [4.69, 9.17) is 9.72 Å². The number of hydrogen-bond donors (Lipinski definition) is 0. The minimum absolute atomic E-state index is 0.000997. The molecule has 2 aromatic carbocycles. The van der Waals surface area contributed by atoms with E-state index in [1.165, 1.54) is 5.56 Å². The zero-order valence-corrected chi connectivity index (χ0v) is 20.0. The lowest BCUT2D eigenvalue weighted by Crippen LogP contribution is -2.37. The van der Waals surface area contributed by atoms with Gasteiger partial charge in [-0.05, 0) is 23.3 Å². The lowest BCUT2D eigenvalue weighted by atomic mass is 10.00. The van der Waals surface area contributed by atoms with Gasteiger partial charge in [0.05, 0.1) is 35.9 Å². The molecule has 1 amide bonds. The minimum Gasteiger partial charge on any atom is -0.378 e. The van der Waals surface area contributed by atoms with E-state index >= 15 is 0 Å². The number of morpholine rings is 1. The number of pyridine rings is 1. The van der Waals surface area contributed by atoms with Crippen molar-refractivity contribution in [2.75, 3.05) is 37.7 Å². The fraction of sp³-hybridized carbons (Fsp3) is 0.259. The summed E-state index contributed by atoms with van der Waals surface area (Å²) in [5.41, 5.74) is 5.74. The quantitative estimate of drug-likeness (QED) is 0.444. The molecule has 1 saturated heterocycles. The second-order valence-corrected chi connectivity index (χ2v) is 9.17. The first-order valence-electron chi connectivity index (χ1n) is 11.2. The molecule has 1 atom stereocenters. The van der Waals surface area contributed by atoms with Crippen LogP contribution in [0.25, 0.3) is 0 Å². The largest absolute Gasteiger partial charge is 0.378 e. The van der Waals surface area contributed by atoms with Crippen molar-refractivity contribution in [3.05, 3.63) is 106 Å². The van der Waals surface area contributed by atoms with Crippen molar-refractivity contribution in [2.45, 2.75) is 12.5 Å². The zero-order chi connectivity index (χ0) is 22.8. The van der Waals surface area contributed by atoms with Gasteiger partial charge in [0.25, 0.3) is 5.91 Å². The summed E-state index contributed by atoms with van der Waals surface area (Å²) in [6.07, 6.45) is 2.49. The maximum absolute atomic E-state index is 13.6. The predicted molar refractivity (Wildman–Crippen MR) is 134 cm³/mol. The van der Waals surface area contributed by atoms with Gasteiger partial charge in [0, 0.05) is 30.5 Å². The molecule has 5 rings (SSSR count). The van der Waals surface area contributed by atoms with Gasteiger partial charge in [0.2, 0.25) is 0 Å². The second-order valence-electron chi connectivity index (χ2n) is 8.32. The fourth-order valence-corrected chi connectivity index (χ4v) is 5.19. The maximum Gasteiger partial charge on any atom is 0.257 e. The SMILES string of the molecule is C=CCN1C(=O)c2cc(N3CCOCC3)c(Cc3ccccc3)nc2C1c1ccccc1Br. The summed E-state index contributed by atoms with van der Waals surface area (Å²) < 4.78 is 6.54. The van der Waals surface area contributed by atoms with Crippen LogP contribution in [0.5, 0.6) is 0 Å². The van der Waals surface area contributed by atoms with Crippen LogP contribution in [0.15, 0.2) is 77.8 Å². The molecule has 1 fully saturated rings. The molecule has 2 aliphatic rings. The molecule has 5 nitrogen and oxygen atoms in total. The lowest BCUT2D eigenvalue weighted by molar-refractivity contribution is 0.0769. The zero-order valence-electron chi connectivity index (χ0n) is 18.4. The Morgan fingerprint density at radius 2 is 1.82 bits per heavy atom. The van der Waals surface area contributed by atoms with Crippen molar-refractivity contribution in [3.63, 3.8) is 0 Å². The van der Waals surface area contributed by atoms with Crippen LogP contribution in [-0.2, 0) is 11.2 Å². The summed E-state index contributed by atoms with van der Waals surface area (Å²) in [6.45, 7) is 7.29. The molecule has 33 heavy (non-hydrogen) atoms. The smallest absolute Gasteiger partial charge is 0.257 e. The number of benzene rings is 2. The van der Waals surface area contributed by atoms with Crippen molar-refractivity contribution < 1.29 is 9.53 Å². The number of ether oxygens (including phenoxy) is 1. The van der Waals surface area contributed by atoms with Crippen molar-refractivity contribution in [2.24, 2.45) is 0 Å². The molecular formula is C27H26BrN3O2. The number of amides is 1. The van der Waals surface area contributed by atoms with Crippen LogP contribution in [0.4, 0.5) is 5.69 Å². The Balaban J connectivity index is 1.67. The average Bonchev–Trinajstić information content (AvgIpc) is 3.11. The molecule has 0 saturated carbocycles. The molecule has 3 heterocycles. The maximum atomic E-state index is 13.6. The number of carbonyl (C=O) groups excluding carboxylic acids is 1. The molecule has 0 N–H and O–H groups in total. The van der Waals surface area contributed by atoms with Crippen LogP contribution in [0, 0.1) is 0 Å². The third kappa shape index (κ3) is 4.21. The number of aromatic nitrogens is 1. The van der Waals surface area contributed by atoms with Crippen molar-refractivity contribution in [1.29, 1.82) is 0 Å². The number of carbonyl (C=O) groups is 1. The van der Waals surface area contributed by atoms with Gasteiger partial charge in [-0.25, -0.2) is 0 Å². The van der Waals surface area contributed by atoms with E-state index in [-0.39, 0.29) is 11.9 Å². The minimum atomic E-state index is -0.255. The first-order chi connectivity index (χ1) is 16.2. The van der Waals surface area contributed by atoms with Crippen LogP contribution in [0.1, 0.15) is 38.9 Å². The summed E-state index contributed by atoms with van der Waals surface area (Å²) in [5, 5.41) is 0. The number of anilines is 1. The third-order valence-corrected chi connectivity index (χ3v) is 6.98. The highest BCUT2D eigenvalue weighted by atomic mass is 79.9. The van der Waals surface area contributed by atoms with E-state index in [0.717, 1.165) is 40.2 Å². The van der Waals surface area contributed by atoms with E-state index in [0.29, 0.717) is 31.7 Å². The van der Waals surface area contributed by atoms with Gasteiger partial charge in [-0.2, -0.15) is 0 Å². The highest BCUT2D eigenvalue weighted by Crippen LogP contribution is 2.42. The van der Waals surface area contributed by atoms with Crippen LogP contribution < -0.4 is 4.90 Å². The van der Waals surface area contributed by atoms with Crippen molar-refractivity contribution in [3.8, 4) is 0 Å². The summed E-state index contributed by atoms with van der Waals surface area (Å²) in [5.74, 6) is -0.000997. The fourth-order valence-electron chi connectivity index (χ4n) is 4.69. The highest BCUT2D eigenvalue weighted by Gasteiger charge is 2.40. The van der Waals surface area contributed by atoms with E-state index in [9.17, 15) is 4.79 Å². The van der Waals surface area contributed by atoms with E-state index < -0.39 is 0 Å². The topological polar surface area (TPSA) is 45.7 Å². The van der Waals surface area contributed by atoms with Gasteiger partial charge in [-0.15, -0.1) is 6.58 Å². The summed E-state index contributed by atoms with van der Waals surface area (Å²) in [7, 11) is 0. The van der Waals surface area contributed by atoms with Crippen LogP contribution in [0.2, 0.25) is 0 Å². The molecule has 0 aliphatic carbocycles. The normalized spacial score (nSPS) is 17.8. The molecule has 0 bridgehead atoms. The average molecular weight is 504 g/mol. The summed E-state index contributed by atoms with van der Waals surface area (Å²) >= 11 is 3.69. The second kappa shape index (κ2) is 9.49. The molecular weight excluding hydrogens is 478 g/mol. The van der Waals surface area contributed by atoms with Crippen LogP contribution in [0.3, 0.4) is 0 Å². The van der Waals surface area contributed by atoms with E-state index in [2.05, 4.69) is 63.8 Å². The summed E-state index contributed by atoms with van der Waals surface area (Å²) in [6, 6.07) is 20.2. The third-order valence-electron chi connectivity index (χ3n) is 6.26. The molecule has 2 aliphatic heterocycles. The van der Waals surface area contributed by atoms with Crippen LogP contribution in [-0.4, -0.2) is 48.6 Å². The standard InChI is InChI=1S/C27H26BrN3O2/c1-2-12-31-26(20-10-6-7-11-22(20)28)25-21(27(31)32)18-24(30-13-15-33-16-14-30)23(29-25)17-19-8-4-3-5-9-19/h2-11,18,26H,1,12-17H2.